The molecule has 1 heterocycles. The second kappa shape index (κ2) is 4.86. The van der Waals surface area contributed by atoms with Gasteiger partial charge in [-0.25, -0.2) is 4.79 Å². The van der Waals surface area contributed by atoms with Gasteiger partial charge in [-0.15, -0.1) is 0 Å². The highest BCUT2D eigenvalue weighted by atomic mass is 16.7. The van der Waals surface area contributed by atoms with Gasteiger partial charge in [0.2, 0.25) is 11.4 Å². The molecule has 1 aromatic heterocycles. The first kappa shape index (κ1) is 13.0. The van der Waals surface area contributed by atoms with Gasteiger partial charge in [-0.05, 0) is 20.8 Å². The van der Waals surface area contributed by atoms with E-state index in [1.54, 1.807) is 0 Å². The van der Waals surface area contributed by atoms with Crippen LogP contribution < -0.4 is 10.1 Å². The predicted molar refractivity (Wildman–Crippen MR) is 56.8 cm³/mol. The van der Waals surface area contributed by atoms with E-state index in [-0.39, 0.29) is 11.4 Å². The number of hydrogen-bond donors (Lipinski definition) is 1. The average Bonchev–Trinajstić information content (AvgIpc) is 2.63. The van der Waals surface area contributed by atoms with Gasteiger partial charge in [0.15, 0.2) is 6.26 Å². The normalized spacial score (nSPS) is 10.8. The zero-order chi connectivity index (χ0) is 13.1. The van der Waals surface area contributed by atoms with Crippen LogP contribution in [0.1, 0.15) is 31.3 Å². The minimum atomic E-state index is -0.946. The summed E-state index contributed by atoms with van der Waals surface area (Å²) in [6.07, 6.45) is 0.104. The van der Waals surface area contributed by atoms with E-state index in [0.717, 1.165) is 13.4 Å². The fourth-order valence-electron chi connectivity index (χ4n) is 0.985. The quantitative estimate of drug-likeness (QED) is 0.787. The first-order valence-corrected chi connectivity index (χ1v) is 4.86. The van der Waals surface area contributed by atoms with Gasteiger partial charge < -0.3 is 19.3 Å². The average molecular weight is 242 g/mol. The smallest absolute Gasteiger partial charge is 0.437 e. The second-order valence-corrected chi connectivity index (χ2v) is 4.29. The van der Waals surface area contributed by atoms with Gasteiger partial charge in [0.1, 0.15) is 0 Å². The Balaban J connectivity index is 2.81. The van der Waals surface area contributed by atoms with E-state index in [4.69, 9.17) is 4.74 Å². The van der Waals surface area contributed by atoms with Crippen LogP contribution in [0.2, 0.25) is 0 Å². The maximum absolute atomic E-state index is 11.7. The van der Waals surface area contributed by atoms with Crippen molar-refractivity contribution >= 4 is 12.1 Å². The van der Waals surface area contributed by atoms with Gasteiger partial charge in [0.05, 0.1) is 7.11 Å². The third-order valence-corrected chi connectivity index (χ3v) is 1.60. The number of nitrogens with one attached hydrogen (secondary N) is 1. The molecule has 0 saturated carbocycles. The Morgan fingerprint density at radius 2 is 2.06 bits per heavy atom. The molecule has 1 N–H and O–H groups in total. The number of carbonyl (C=O) groups is 2. The lowest BCUT2D eigenvalue weighted by Crippen LogP contribution is -2.40. The minimum absolute atomic E-state index is 0.0846. The highest BCUT2D eigenvalue weighted by molar-refractivity contribution is 5.95. The van der Waals surface area contributed by atoms with Crippen molar-refractivity contribution in [3.8, 4) is 5.75 Å². The second-order valence-electron chi connectivity index (χ2n) is 4.29. The van der Waals surface area contributed by atoms with Crippen LogP contribution in [0.4, 0.5) is 4.79 Å². The lowest BCUT2D eigenvalue weighted by atomic mass is 10.1. The molecule has 17 heavy (non-hydrogen) atoms. The van der Waals surface area contributed by atoms with E-state index in [0.29, 0.717) is 0 Å². The number of carbonyl (C=O) groups excluding carboxylic acids is 2. The molecule has 0 saturated heterocycles. The van der Waals surface area contributed by atoms with E-state index >= 15 is 0 Å². The fourth-order valence-corrected chi connectivity index (χ4v) is 0.985. The van der Waals surface area contributed by atoms with E-state index in [9.17, 15) is 9.59 Å². The maximum Gasteiger partial charge on any atom is 0.513 e. The Morgan fingerprint density at radius 3 is 2.59 bits per heavy atom. The van der Waals surface area contributed by atoms with Crippen LogP contribution >= 0.6 is 0 Å². The lowest BCUT2D eigenvalue weighted by molar-refractivity contribution is 0.0905. The zero-order valence-electron chi connectivity index (χ0n) is 10.1. The van der Waals surface area contributed by atoms with Crippen LogP contribution in [0.15, 0.2) is 10.8 Å². The van der Waals surface area contributed by atoms with Crippen molar-refractivity contribution < 1.29 is 23.6 Å². The number of rotatable bonds is 2. The molecule has 1 amide bonds. The van der Waals surface area contributed by atoms with Gasteiger partial charge in [-0.3, -0.25) is 4.79 Å². The molecule has 0 bridgehead atoms. The summed E-state index contributed by atoms with van der Waals surface area (Å²) in [7, 11) is 1.16. The molecule has 0 atom stereocenters. The van der Waals surface area contributed by atoms with Crippen molar-refractivity contribution in [3.63, 3.8) is 0 Å². The molecule has 94 valence electrons. The number of hydrogen-bond acceptors (Lipinski definition) is 6. The van der Waals surface area contributed by atoms with Crippen molar-refractivity contribution in [2.45, 2.75) is 26.3 Å². The largest absolute Gasteiger partial charge is 0.513 e. The van der Waals surface area contributed by atoms with Crippen molar-refractivity contribution in [1.29, 1.82) is 0 Å². The monoisotopic (exact) mass is 242 g/mol. The van der Waals surface area contributed by atoms with Gasteiger partial charge in [-0.2, -0.15) is 0 Å². The van der Waals surface area contributed by atoms with Crippen LogP contribution in [0, 0.1) is 0 Å². The van der Waals surface area contributed by atoms with Gasteiger partial charge in [0.25, 0.3) is 5.91 Å². The molecule has 1 aromatic rings. The van der Waals surface area contributed by atoms with Crippen molar-refractivity contribution in [2.24, 2.45) is 0 Å². The molecule has 7 heteroatoms. The Hall–Kier alpha value is -2.05. The molecule has 0 aromatic carbocycles. The molecular weight excluding hydrogens is 228 g/mol. The zero-order valence-corrected chi connectivity index (χ0v) is 10.1. The molecule has 0 aliphatic rings. The van der Waals surface area contributed by atoms with E-state index in [1.165, 1.54) is 0 Å². The SMILES string of the molecule is COC(=O)Oc1conc1C(=O)NC(C)(C)C. The molecule has 0 unspecified atom stereocenters. The summed E-state index contributed by atoms with van der Waals surface area (Å²) in [5.41, 5.74) is -0.538. The molecule has 0 spiro atoms. The molecule has 0 radical (unpaired) electrons. The summed E-state index contributed by atoms with van der Waals surface area (Å²) >= 11 is 0. The van der Waals surface area contributed by atoms with E-state index in [2.05, 4.69) is 19.7 Å². The topological polar surface area (TPSA) is 90.7 Å². The summed E-state index contributed by atoms with van der Waals surface area (Å²) in [6.45, 7) is 5.43. The predicted octanol–water partition coefficient (Wildman–Crippen LogP) is 1.35. The Morgan fingerprint density at radius 1 is 1.41 bits per heavy atom. The van der Waals surface area contributed by atoms with Gasteiger partial charge in [0, 0.05) is 5.54 Å². The van der Waals surface area contributed by atoms with Gasteiger partial charge >= 0.3 is 6.16 Å². The molecule has 0 aliphatic carbocycles. The van der Waals surface area contributed by atoms with Crippen LogP contribution in [-0.2, 0) is 4.74 Å². The fraction of sp³-hybridized carbons (Fsp3) is 0.500. The van der Waals surface area contributed by atoms with Crippen molar-refractivity contribution in [1.82, 2.24) is 10.5 Å². The lowest BCUT2D eigenvalue weighted by Gasteiger charge is -2.19. The number of methoxy groups -OCH3 is 1. The number of nitrogens with zero attached hydrogens (tertiary/aromatic N) is 1. The number of amides is 1. The summed E-state index contributed by atoms with van der Waals surface area (Å²) in [5.74, 6) is -0.580. The minimum Gasteiger partial charge on any atom is -0.437 e. The third-order valence-electron chi connectivity index (χ3n) is 1.60. The van der Waals surface area contributed by atoms with Crippen molar-refractivity contribution in [3.05, 3.63) is 12.0 Å². The Labute approximate surface area is 98.1 Å². The summed E-state index contributed by atoms with van der Waals surface area (Å²) in [6, 6.07) is 0. The Kier molecular flexibility index (Phi) is 3.72. The number of aromatic nitrogens is 1. The highest BCUT2D eigenvalue weighted by Crippen LogP contribution is 2.18. The van der Waals surface area contributed by atoms with E-state index < -0.39 is 17.6 Å². The highest BCUT2D eigenvalue weighted by Gasteiger charge is 2.23. The first-order valence-electron chi connectivity index (χ1n) is 4.86. The first-order chi connectivity index (χ1) is 7.83. The van der Waals surface area contributed by atoms with Crippen LogP contribution in [0.25, 0.3) is 0 Å². The van der Waals surface area contributed by atoms with Crippen molar-refractivity contribution in [2.75, 3.05) is 7.11 Å². The van der Waals surface area contributed by atoms with E-state index in [1.807, 2.05) is 20.8 Å². The molecule has 7 nitrogen and oxygen atoms in total. The van der Waals surface area contributed by atoms with Crippen LogP contribution in [0.3, 0.4) is 0 Å². The molecule has 0 aliphatic heterocycles. The summed E-state index contributed by atoms with van der Waals surface area (Å²) in [4.78, 5) is 22.6. The standard InChI is InChI=1S/C10H14N2O5/c1-10(2,3)11-8(13)7-6(5-16-12-7)17-9(14)15-4/h5H,1-4H3,(H,11,13). The molecular formula is C10H14N2O5. The van der Waals surface area contributed by atoms with Crippen LogP contribution in [-0.4, -0.2) is 29.9 Å². The van der Waals surface area contributed by atoms with Gasteiger partial charge in [-0.1, -0.05) is 5.16 Å². The third kappa shape index (κ3) is 3.78. The molecule has 0 fully saturated rings. The Bertz CT molecular complexity index is 419. The maximum atomic E-state index is 11.7. The summed E-state index contributed by atoms with van der Waals surface area (Å²) < 4.78 is 13.6. The molecule has 1 rings (SSSR count). The summed E-state index contributed by atoms with van der Waals surface area (Å²) in [5, 5.41) is 6.13. The number of ether oxygens (including phenoxy) is 2. The van der Waals surface area contributed by atoms with Crippen LogP contribution in [0.5, 0.6) is 5.75 Å².